The van der Waals surface area contributed by atoms with E-state index in [1.165, 1.54) is 36.4 Å². The van der Waals surface area contributed by atoms with Gasteiger partial charge in [0, 0.05) is 0 Å². The van der Waals surface area contributed by atoms with Gasteiger partial charge in [0.05, 0.1) is 0 Å². The van der Waals surface area contributed by atoms with Crippen LogP contribution in [0.2, 0.25) is 0 Å². The number of halogens is 4. The zero-order chi connectivity index (χ0) is 16.2. The summed E-state index contributed by atoms with van der Waals surface area (Å²) in [7, 11) is 0. The van der Waals surface area contributed by atoms with Gasteiger partial charge >= 0.3 is 18.0 Å². The molecule has 0 saturated carbocycles. The van der Waals surface area contributed by atoms with Crippen molar-refractivity contribution >= 4 is 5.78 Å². The minimum Gasteiger partial charge on any atom is -0.426 e. The van der Waals surface area contributed by atoms with Gasteiger partial charge in [-0.25, -0.2) is 0 Å². The molecule has 0 aromatic heterocycles. The molecule has 3 nitrogen and oxygen atoms in total. The average molecular weight is 314 g/mol. The van der Waals surface area contributed by atoms with E-state index in [2.05, 4.69) is 9.47 Å². The number of hydrogen-bond acceptors (Lipinski definition) is 3. The molecule has 0 heterocycles. The molecule has 7 heteroatoms. The lowest BCUT2D eigenvalue weighted by Gasteiger charge is -2.22. The Hall–Kier alpha value is -2.57. The van der Waals surface area contributed by atoms with Crippen molar-refractivity contribution in [3.05, 3.63) is 60.7 Å². The standard InChI is InChI=1S/C15H10F4O3/c16-14(17,21-11-7-3-1-4-8-11)13(20)15(18,19)22-12-9-5-2-6-10-12/h1-10H. The molecule has 0 unspecified atom stereocenters. The van der Waals surface area contributed by atoms with Gasteiger partial charge in [0.25, 0.3) is 0 Å². The highest BCUT2D eigenvalue weighted by Gasteiger charge is 2.59. The van der Waals surface area contributed by atoms with Crippen LogP contribution >= 0.6 is 0 Å². The summed E-state index contributed by atoms with van der Waals surface area (Å²) < 4.78 is 62.4. The van der Waals surface area contributed by atoms with Crippen molar-refractivity contribution < 1.29 is 31.8 Å². The lowest BCUT2D eigenvalue weighted by molar-refractivity contribution is -0.242. The molecule has 0 atom stereocenters. The summed E-state index contributed by atoms with van der Waals surface area (Å²) in [5.74, 6) is -3.62. The Balaban J connectivity index is 2.14. The number of benzene rings is 2. The van der Waals surface area contributed by atoms with Crippen LogP contribution in [0.4, 0.5) is 17.6 Å². The largest absolute Gasteiger partial charge is 0.471 e. The molecule has 0 aliphatic carbocycles. The van der Waals surface area contributed by atoms with Crippen LogP contribution in [-0.4, -0.2) is 18.0 Å². The van der Waals surface area contributed by atoms with Gasteiger partial charge < -0.3 is 9.47 Å². The third kappa shape index (κ3) is 3.75. The fourth-order valence-corrected chi connectivity index (χ4v) is 1.54. The van der Waals surface area contributed by atoms with Gasteiger partial charge in [0.2, 0.25) is 0 Å². The van der Waals surface area contributed by atoms with Crippen molar-refractivity contribution in [3.8, 4) is 11.5 Å². The number of ketones is 1. The highest BCUT2D eigenvalue weighted by Crippen LogP contribution is 2.31. The maximum Gasteiger partial charge on any atom is 0.471 e. The van der Waals surface area contributed by atoms with E-state index >= 15 is 0 Å². The highest BCUT2D eigenvalue weighted by atomic mass is 19.3. The average Bonchev–Trinajstić information content (AvgIpc) is 2.47. The van der Waals surface area contributed by atoms with Crippen LogP contribution in [0.25, 0.3) is 0 Å². The molecule has 0 fully saturated rings. The van der Waals surface area contributed by atoms with Crippen molar-refractivity contribution in [2.75, 3.05) is 0 Å². The molecule has 2 rings (SSSR count). The number of hydrogen-bond donors (Lipinski definition) is 0. The number of alkyl halides is 4. The summed E-state index contributed by atoms with van der Waals surface area (Å²) in [5, 5.41) is 0. The van der Waals surface area contributed by atoms with Gasteiger partial charge in [-0.1, -0.05) is 36.4 Å². The van der Waals surface area contributed by atoms with Crippen molar-refractivity contribution in [2.45, 2.75) is 12.2 Å². The Labute approximate surface area is 123 Å². The van der Waals surface area contributed by atoms with Crippen LogP contribution in [0, 0.1) is 0 Å². The van der Waals surface area contributed by atoms with Gasteiger partial charge in [-0.15, -0.1) is 0 Å². The first kappa shape index (κ1) is 15.8. The predicted octanol–water partition coefficient (Wildman–Crippen LogP) is 3.90. The van der Waals surface area contributed by atoms with E-state index in [1.54, 1.807) is 0 Å². The summed E-state index contributed by atoms with van der Waals surface area (Å²) in [5.41, 5.74) is 0. The second-order valence-corrected chi connectivity index (χ2v) is 4.19. The fraction of sp³-hybridized carbons (Fsp3) is 0.133. The molecule has 0 bridgehead atoms. The van der Waals surface area contributed by atoms with Crippen LogP contribution in [0.15, 0.2) is 60.7 Å². The van der Waals surface area contributed by atoms with Crippen LogP contribution in [0.5, 0.6) is 11.5 Å². The molecule has 2 aromatic carbocycles. The first-order valence-electron chi connectivity index (χ1n) is 6.10. The molecule has 2 aromatic rings. The van der Waals surface area contributed by atoms with Gasteiger partial charge in [0.15, 0.2) is 0 Å². The molecule has 0 aliphatic rings. The lowest BCUT2D eigenvalue weighted by atomic mass is 10.3. The Kier molecular flexibility index (Phi) is 4.35. The summed E-state index contributed by atoms with van der Waals surface area (Å²) in [6, 6.07) is 12.9. The number of rotatable bonds is 6. The Bertz CT molecular complexity index is 574. The van der Waals surface area contributed by atoms with Gasteiger partial charge in [-0.05, 0) is 24.3 Å². The van der Waals surface area contributed by atoms with Gasteiger partial charge in [-0.3, -0.25) is 4.79 Å². The van der Waals surface area contributed by atoms with Gasteiger partial charge in [-0.2, -0.15) is 17.6 Å². The van der Waals surface area contributed by atoms with E-state index < -0.39 is 29.5 Å². The zero-order valence-electron chi connectivity index (χ0n) is 11.0. The zero-order valence-corrected chi connectivity index (χ0v) is 11.0. The molecule has 0 N–H and O–H groups in total. The molecular formula is C15H10F4O3. The van der Waals surface area contributed by atoms with Crippen molar-refractivity contribution in [1.29, 1.82) is 0 Å². The minimum absolute atomic E-state index is 0.420. The third-order valence-electron chi connectivity index (χ3n) is 2.51. The SMILES string of the molecule is O=C(C(F)(F)Oc1ccccc1)C(F)(F)Oc1ccccc1. The Morgan fingerprint density at radius 2 is 1.00 bits per heavy atom. The summed E-state index contributed by atoms with van der Waals surface area (Å²) in [6.45, 7) is 0. The number of Topliss-reactive ketones (excluding diaryl/α,β-unsaturated/α-hetero) is 1. The monoisotopic (exact) mass is 314 g/mol. The van der Waals surface area contributed by atoms with E-state index in [0.29, 0.717) is 0 Å². The summed E-state index contributed by atoms with van der Waals surface area (Å²) in [6.07, 6.45) is -9.47. The first-order valence-corrected chi connectivity index (χ1v) is 6.10. The van der Waals surface area contributed by atoms with E-state index in [0.717, 1.165) is 24.3 Å². The molecular weight excluding hydrogens is 304 g/mol. The van der Waals surface area contributed by atoms with E-state index in [4.69, 9.17) is 0 Å². The van der Waals surface area contributed by atoms with E-state index in [-0.39, 0.29) is 0 Å². The minimum atomic E-state index is -4.74. The normalized spacial score (nSPS) is 11.8. The van der Waals surface area contributed by atoms with Crippen molar-refractivity contribution in [1.82, 2.24) is 0 Å². The molecule has 0 aliphatic heterocycles. The topological polar surface area (TPSA) is 35.5 Å². The molecule has 0 saturated heterocycles. The van der Waals surface area contributed by atoms with Crippen LogP contribution < -0.4 is 9.47 Å². The fourth-order valence-electron chi connectivity index (χ4n) is 1.54. The predicted molar refractivity (Wildman–Crippen MR) is 69.0 cm³/mol. The maximum absolute atomic E-state index is 13.6. The first-order chi connectivity index (χ1) is 10.3. The van der Waals surface area contributed by atoms with Crippen LogP contribution in [0.3, 0.4) is 0 Å². The quantitative estimate of drug-likeness (QED) is 0.759. The maximum atomic E-state index is 13.6. The number of carbonyl (C=O) groups is 1. The van der Waals surface area contributed by atoms with E-state index in [1.807, 2.05) is 0 Å². The number of ether oxygens (including phenoxy) is 2. The number of carbonyl (C=O) groups excluding carboxylic acids is 1. The lowest BCUT2D eigenvalue weighted by Crippen LogP contribution is -2.49. The van der Waals surface area contributed by atoms with Crippen LogP contribution in [0.1, 0.15) is 0 Å². The molecule has 0 spiro atoms. The van der Waals surface area contributed by atoms with Crippen molar-refractivity contribution in [3.63, 3.8) is 0 Å². The Morgan fingerprint density at radius 1 is 0.682 bits per heavy atom. The second-order valence-electron chi connectivity index (χ2n) is 4.19. The summed E-state index contributed by atoms with van der Waals surface area (Å²) in [4.78, 5) is 11.3. The highest BCUT2D eigenvalue weighted by molar-refractivity contribution is 5.90. The second kappa shape index (κ2) is 6.05. The molecule has 0 radical (unpaired) electrons. The van der Waals surface area contributed by atoms with Crippen molar-refractivity contribution in [2.24, 2.45) is 0 Å². The molecule has 0 amide bonds. The van der Waals surface area contributed by atoms with Crippen LogP contribution in [-0.2, 0) is 4.79 Å². The smallest absolute Gasteiger partial charge is 0.426 e. The molecule has 116 valence electrons. The third-order valence-corrected chi connectivity index (χ3v) is 2.51. The number of para-hydroxylation sites is 2. The van der Waals surface area contributed by atoms with Gasteiger partial charge in [0.1, 0.15) is 11.5 Å². The Morgan fingerprint density at radius 3 is 1.32 bits per heavy atom. The van der Waals surface area contributed by atoms with E-state index in [9.17, 15) is 22.4 Å². The molecule has 22 heavy (non-hydrogen) atoms. The summed E-state index contributed by atoms with van der Waals surface area (Å²) >= 11 is 0.